The number of hydrogen-bond acceptors (Lipinski definition) is 3. The van der Waals surface area contributed by atoms with E-state index in [1.165, 1.54) is 12.5 Å². The molecule has 1 aromatic carbocycles. The van der Waals surface area contributed by atoms with Crippen LogP contribution in [0.3, 0.4) is 0 Å². The lowest BCUT2D eigenvalue weighted by atomic mass is 9.90. The van der Waals surface area contributed by atoms with Crippen molar-refractivity contribution in [2.45, 2.75) is 51.4 Å². The van der Waals surface area contributed by atoms with E-state index in [1.807, 2.05) is 4.90 Å². The van der Waals surface area contributed by atoms with Crippen LogP contribution in [0.2, 0.25) is 0 Å². The van der Waals surface area contributed by atoms with Crippen molar-refractivity contribution in [3.63, 3.8) is 0 Å². The van der Waals surface area contributed by atoms with Gasteiger partial charge in [-0.05, 0) is 81.5 Å². The Kier molecular flexibility index (Phi) is 5.92. The maximum Gasteiger partial charge on any atom is 0.257 e. The van der Waals surface area contributed by atoms with Crippen LogP contribution in [-0.4, -0.2) is 42.8 Å². The second kappa shape index (κ2) is 8.29. The van der Waals surface area contributed by atoms with E-state index < -0.39 is 11.7 Å². The van der Waals surface area contributed by atoms with Crippen LogP contribution in [0.25, 0.3) is 0 Å². The van der Waals surface area contributed by atoms with E-state index in [9.17, 15) is 18.0 Å². The van der Waals surface area contributed by atoms with Gasteiger partial charge in [-0.1, -0.05) is 0 Å². The number of alkyl halides is 2. The molecule has 1 heterocycles. The largest absolute Gasteiger partial charge is 0.493 e. The van der Waals surface area contributed by atoms with Gasteiger partial charge in [-0.3, -0.25) is 9.69 Å². The minimum Gasteiger partial charge on any atom is -0.493 e. The summed E-state index contributed by atoms with van der Waals surface area (Å²) in [4.78, 5) is 13.9. The summed E-state index contributed by atoms with van der Waals surface area (Å²) < 4.78 is 46.2. The zero-order chi connectivity index (χ0) is 20.6. The van der Waals surface area contributed by atoms with E-state index in [0.29, 0.717) is 30.1 Å². The number of halogens is 3. The number of ketones is 1. The molecule has 0 N–H and O–H groups in total. The van der Waals surface area contributed by atoms with Gasteiger partial charge in [0.2, 0.25) is 0 Å². The molecule has 6 heteroatoms. The molecule has 0 unspecified atom stereocenters. The number of rotatable bonds is 9. The number of likely N-dealkylation sites (tertiary alicyclic amines) is 1. The molecule has 1 saturated heterocycles. The summed E-state index contributed by atoms with van der Waals surface area (Å²) >= 11 is 0. The average Bonchev–Trinajstić information content (AvgIpc) is 3.55. The van der Waals surface area contributed by atoms with Crippen LogP contribution in [0.15, 0.2) is 18.2 Å². The molecule has 3 nitrogen and oxygen atoms in total. The topological polar surface area (TPSA) is 29.5 Å². The second-order valence-corrected chi connectivity index (χ2v) is 9.26. The van der Waals surface area contributed by atoms with E-state index in [2.05, 4.69) is 0 Å². The molecule has 0 bridgehead atoms. The smallest absolute Gasteiger partial charge is 0.257 e. The Morgan fingerprint density at radius 1 is 1.21 bits per heavy atom. The first-order valence-corrected chi connectivity index (χ1v) is 10.9. The van der Waals surface area contributed by atoms with Gasteiger partial charge < -0.3 is 4.74 Å². The number of ether oxygens (including phenoxy) is 1. The number of benzene rings is 1. The van der Waals surface area contributed by atoms with Gasteiger partial charge in [0.15, 0.2) is 5.78 Å². The SMILES string of the molecule is CC(F)(F)CN1CCC([C@H]2C[C@H]2CCOc2ccc(C(=O)C3CC3)c(F)c2)CC1. The van der Waals surface area contributed by atoms with Crippen molar-refractivity contribution in [1.82, 2.24) is 4.90 Å². The van der Waals surface area contributed by atoms with Crippen LogP contribution in [-0.2, 0) is 0 Å². The van der Waals surface area contributed by atoms with Crippen LogP contribution in [0, 0.1) is 29.5 Å². The maximum atomic E-state index is 14.2. The molecule has 1 aliphatic heterocycles. The number of Topliss-reactive ketones (excluding diaryl/α,β-unsaturated/α-hetero) is 1. The van der Waals surface area contributed by atoms with Crippen molar-refractivity contribution in [1.29, 1.82) is 0 Å². The molecule has 29 heavy (non-hydrogen) atoms. The molecule has 0 radical (unpaired) electrons. The van der Waals surface area contributed by atoms with E-state index in [0.717, 1.165) is 52.1 Å². The van der Waals surface area contributed by atoms with Gasteiger partial charge in [-0.2, -0.15) is 0 Å². The second-order valence-electron chi connectivity index (χ2n) is 9.26. The molecular weight excluding hydrogens is 379 g/mol. The highest BCUT2D eigenvalue weighted by Gasteiger charge is 2.43. The molecule has 2 aliphatic carbocycles. The standard InChI is InChI=1S/C23H30F3NO2/c1-23(25,26)14-27-9-6-15(7-10-27)20-12-17(20)8-11-29-18-4-5-19(21(24)13-18)22(28)16-2-3-16/h4-5,13,15-17,20H,2-3,6-12,14H2,1H3/t17-,20-/m1/s1. The van der Waals surface area contributed by atoms with Crippen LogP contribution in [0.5, 0.6) is 5.75 Å². The Hall–Kier alpha value is -1.56. The zero-order valence-electron chi connectivity index (χ0n) is 17.0. The fourth-order valence-corrected chi connectivity index (χ4v) is 4.79. The third-order valence-electron chi connectivity index (χ3n) is 6.63. The lowest BCUT2D eigenvalue weighted by molar-refractivity contribution is -0.0232. The van der Waals surface area contributed by atoms with Crippen molar-refractivity contribution >= 4 is 5.78 Å². The molecule has 2 saturated carbocycles. The minimum absolute atomic E-state index is 0.00778. The third kappa shape index (κ3) is 5.53. The van der Waals surface area contributed by atoms with Crippen LogP contribution in [0.1, 0.15) is 55.8 Å². The predicted molar refractivity (Wildman–Crippen MR) is 105 cm³/mol. The summed E-state index contributed by atoms with van der Waals surface area (Å²) in [5, 5.41) is 0. The summed E-state index contributed by atoms with van der Waals surface area (Å²) in [5.41, 5.74) is 0.175. The predicted octanol–water partition coefficient (Wildman–Crippen LogP) is 5.19. The summed E-state index contributed by atoms with van der Waals surface area (Å²) in [6, 6.07) is 4.54. The van der Waals surface area contributed by atoms with Gasteiger partial charge in [-0.15, -0.1) is 0 Å². The van der Waals surface area contributed by atoms with E-state index in [1.54, 1.807) is 12.1 Å². The summed E-state index contributed by atoms with van der Waals surface area (Å²) in [6.07, 6.45) is 5.84. The fraction of sp³-hybridized carbons (Fsp3) is 0.696. The highest BCUT2D eigenvalue weighted by Crippen LogP contribution is 2.49. The zero-order valence-corrected chi connectivity index (χ0v) is 17.0. The molecule has 4 rings (SSSR count). The quantitative estimate of drug-likeness (QED) is 0.526. The number of hydrogen-bond donors (Lipinski definition) is 0. The van der Waals surface area contributed by atoms with Crippen molar-refractivity contribution < 1.29 is 22.7 Å². The van der Waals surface area contributed by atoms with Gasteiger partial charge in [-0.25, -0.2) is 13.2 Å². The van der Waals surface area contributed by atoms with Crippen LogP contribution >= 0.6 is 0 Å². The first-order valence-electron chi connectivity index (χ1n) is 10.9. The molecule has 2 atom stereocenters. The number of piperidine rings is 1. The van der Waals surface area contributed by atoms with Gasteiger partial charge in [0.1, 0.15) is 11.6 Å². The third-order valence-corrected chi connectivity index (χ3v) is 6.63. The van der Waals surface area contributed by atoms with Crippen molar-refractivity contribution in [2.75, 3.05) is 26.2 Å². The lowest BCUT2D eigenvalue weighted by Crippen LogP contribution is -2.41. The highest BCUT2D eigenvalue weighted by molar-refractivity contribution is 5.99. The minimum atomic E-state index is -2.62. The Labute approximate surface area is 170 Å². The lowest BCUT2D eigenvalue weighted by Gasteiger charge is -2.33. The van der Waals surface area contributed by atoms with E-state index >= 15 is 0 Å². The maximum absolute atomic E-state index is 14.2. The van der Waals surface area contributed by atoms with E-state index in [-0.39, 0.29) is 23.8 Å². The fourth-order valence-electron chi connectivity index (χ4n) is 4.79. The number of carbonyl (C=O) groups excluding carboxylic acids is 1. The molecule has 3 aliphatic rings. The molecule has 3 fully saturated rings. The first kappa shape index (κ1) is 20.7. The number of nitrogens with zero attached hydrogens (tertiary/aromatic N) is 1. The van der Waals surface area contributed by atoms with Crippen molar-refractivity contribution in [3.05, 3.63) is 29.6 Å². The summed E-state index contributed by atoms with van der Waals surface area (Å²) in [5.74, 6) is -0.787. The van der Waals surface area contributed by atoms with Crippen LogP contribution in [0.4, 0.5) is 13.2 Å². The highest BCUT2D eigenvalue weighted by atomic mass is 19.3. The van der Waals surface area contributed by atoms with Crippen molar-refractivity contribution in [2.24, 2.45) is 23.7 Å². The Morgan fingerprint density at radius 3 is 2.55 bits per heavy atom. The molecule has 0 spiro atoms. The van der Waals surface area contributed by atoms with Gasteiger partial charge >= 0.3 is 0 Å². The monoisotopic (exact) mass is 409 g/mol. The molecule has 160 valence electrons. The Balaban J connectivity index is 1.16. The van der Waals surface area contributed by atoms with Gasteiger partial charge in [0.25, 0.3) is 5.92 Å². The van der Waals surface area contributed by atoms with Crippen LogP contribution < -0.4 is 4.74 Å². The Bertz CT molecular complexity index is 736. The molecule has 0 amide bonds. The first-order chi connectivity index (χ1) is 13.8. The van der Waals surface area contributed by atoms with E-state index in [4.69, 9.17) is 4.74 Å². The normalized spacial score (nSPS) is 25.8. The molecule has 0 aromatic heterocycles. The van der Waals surface area contributed by atoms with Gasteiger partial charge in [0, 0.05) is 18.9 Å². The van der Waals surface area contributed by atoms with Gasteiger partial charge in [0.05, 0.1) is 18.7 Å². The summed E-state index contributed by atoms with van der Waals surface area (Å²) in [6.45, 7) is 2.92. The number of carbonyl (C=O) groups is 1. The van der Waals surface area contributed by atoms with Crippen molar-refractivity contribution in [3.8, 4) is 5.75 Å². The Morgan fingerprint density at radius 2 is 1.93 bits per heavy atom. The molecule has 1 aromatic rings. The average molecular weight is 409 g/mol. The molecular formula is C23H30F3NO2. The summed E-state index contributed by atoms with van der Waals surface area (Å²) in [7, 11) is 0.